The van der Waals surface area contributed by atoms with Crippen LogP contribution < -0.4 is 5.32 Å². The molecule has 9 heteroatoms. The van der Waals surface area contributed by atoms with E-state index in [4.69, 9.17) is 9.47 Å². The van der Waals surface area contributed by atoms with E-state index in [0.29, 0.717) is 19.3 Å². The monoisotopic (exact) mass is 798 g/mol. The van der Waals surface area contributed by atoms with Gasteiger partial charge in [0.1, 0.15) is 18.8 Å². The number of carbonyl (C=O) groups is 4. The topological polar surface area (TPSA) is 119 Å². The lowest BCUT2D eigenvalue weighted by atomic mass is 10.0. The SMILES string of the molecule is CCCCCCCCCCCCCCCCCCCCCCCC(=O)N[C@H](CSC[C@@H](COC(=O)CCCCCCC)OC(=O)CCCCCCC)C(=O)O. The molecule has 0 aliphatic carbocycles. The second-order valence-electron chi connectivity index (χ2n) is 15.9. The van der Waals surface area contributed by atoms with Crippen LogP contribution in [0, 0.1) is 0 Å². The summed E-state index contributed by atoms with van der Waals surface area (Å²) in [6, 6.07) is -1.03. The second kappa shape index (κ2) is 41.9. The Morgan fingerprint density at radius 3 is 1.20 bits per heavy atom. The molecule has 2 atom stereocenters. The summed E-state index contributed by atoms with van der Waals surface area (Å²) in [5.74, 6) is -1.55. The number of carboxylic acid groups (broad SMARTS) is 1. The Labute approximate surface area is 343 Å². The first kappa shape index (κ1) is 53.2. The number of carbonyl (C=O) groups excluding carboxylic acids is 3. The zero-order chi connectivity index (χ0) is 40.5. The van der Waals surface area contributed by atoms with Crippen LogP contribution in [0.5, 0.6) is 0 Å². The Kier molecular flexibility index (Phi) is 40.5. The van der Waals surface area contributed by atoms with Crippen LogP contribution in [0.3, 0.4) is 0 Å². The molecule has 0 aromatic carbocycles. The number of hydrogen-bond acceptors (Lipinski definition) is 7. The Morgan fingerprint density at radius 1 is 0.473 bits per heavy atom. The first-order valence-electron chi connectivity index (χ1n) is 23.3. The van der Waals surface area contributed by atoms with Gasteiger partial charge < -0.3 is 19.9 Å². The fourth-order valence-corrected chi connectivity index (χ4v) is 7.87. The fraction of sp³-hybridized carbons (Fsp3) is 0.913. The zero-order valence-electron chi connectivity index (χ0n) is 36.1. The highest BCUT2D eigenvalue weighted by Gasteiger charge is 2.23. The van der Waals surface area contributed by atoms with Crippen LogP contribution in [0.2, 0.25) is 0 Å². The van der Waals surface area contributed by atoms with Crippen molar-refractivity contribution in [3.05, 3.63) is 0 Å². The van der Waals surface area contributed by atoms with Crippen molar-refractivity contribution in [3.8, 4) is 0 Å². The molecule has 0 aliphatic rings. The molecule has 0 heterocycles. The summed E-state index contributed by atoms with van der Waals surface area (Å²) in [6.07, 6.45) is 38.0. The maximum atomic E-state index is 12.6. The normalized spacial score (nSPS) is 12.3. The van der Waals surface area contributed by atoms with E-state index in [2.05, 4.69) is 26.1 Å². The van der Waals surface area contributed by atoms with Crippen molar-refractivity contribution in [3.63, 3.8) is 0 Å². The number of rotatable bonds is 43. The van der Waals surface area contributed by atoms with Gasteiger partial charge in [-0.2, -0.15) is 11.8 Å². The number of hydrogen-bond donors (Lipinski definition) is 2. The van der Waals surface area contributed by atoms with Crippen molar-refractivity contribution in [2.45, 2.75) is 251 Å². The molecule has 0 aromatic heterocycles. The van der Waals surface area contributed by atoms with E-state index in [0.717, 1.165) is 83.5 Å². The number of esters is 2. The molecule has 8 nitrogen and oxygen atoms in total. The number of ether oxygens (including phenoxy) is 2. The Morgan fingerprint density at radius 2 is 0.818 bits per heavy atom. The van der Waals surface area contributed by atoms with E-state index in [1.165, 1.54) is 127 Å². The van der Waals surface area contributed by atoms with Gasteiger partial charge in [0.15, 0.2) is 0 Å². The average molecular weight is 798 g/mol. The molecule has 0 aliphatic heterocycles. The number of nitrogens with one attached hydrogen (secondary N) is 1. The zero-order valence-corrected chi connectivity index (χ0v) is 36.9. The minimum atomic E-state index is -1.09. The molecule has 324 valence electrons. The van der Waals surface area contributed by atoms with Crippen LogP contribution in [0.4, 0.5) is 0 Å². The van der Waals surface area contributed by atoms with Crippen molar-refractivity contribution in [1.82, 2.24) is 5.32 Å². The third-order valence-corrected chi connectivity index (χ3v) is 11.6. The summed E-state index contributed by atoms with van der Waals surface area (Å²) in [6.45, 7) is 6.52. The average Bonchev–Trinajstić information content (AvgIpc) is 3.16. The van der Waals surface area contributed by atoms with Gasteiger partial charge in [0, 0.05) is 30.8 Å². The van der Waals surface area contributed by atoms with Crippen LogP contribution >= 0.6 is 11.8 Å². The lowest BCUT2D eigenvalue weighted by Crippen LogP contribution is -2.42. The van der Waals surface area contributed by atoms with E-state index >= 15 is 0 Å². The van der Waals surface area contributed by atoms with Crippen molar-refractivity contribution >= 4 is 35.6 Å². The third-order valence-electron chi connectivity index (χ3n) is 10.4. The predicted octanol–water partition coefficient (Wildman–Crippen LogP) is 13.1. The number of thioether (sulfide) groups is 1. The van der Waals surface area contributed by atoms with E-state index in [1.54, 1.807) is 0 Å². The minimum absolute atomic E-state index is 0.0497. The molecule has 55 heavy (non-hydrogen) atoms. The van der Waals surface area contributed by atoms with Gasteiger partial charge in [-0.25, -0.2) is 4.79 Å². The molecule has 2 N–H and O–H groups in total. The molecule has 0 bridgehead atoms. The number of carboxylic acids is 1. The van der Waals surface area contributed by atoms with Gasteiger partial charge in [0.05, 0.1) is 0 Å². The molecule has 0 rings (SSSR count). The molecule has 0 saturated carbocycles. The van der Waals surface area contributed by atoms with Gasteiger partial charge in [0.25, 0.3) is 0 Å². The van der Waals surface area contributed by atoms with Crippen LogP contribution in [-0.4, -0.2) is 59.2 Å². The highest BCUT2D eigenvalue weighted by molar-refractivity contribution is 7.99. The van der Waals surface area contributed by atoms with Gasteiger partial charge in [-0.15, -0.1) is 0 Å². The first-order valence-corrected chi connectivity index (χ1v) is 24.4. The lowest BCUT2D eigenvalue weighted by molar-refractivity contribution is -0.157. The van der Waals surface area contributed by atoms with Crippen LogP contribution in [0.25, 0.3) is 0 Å². The molecule has 0 fully saturated rings. The summed E-state index contributed by atoms with van der Waals surface area (Å²) < 4.78 is 11.1. The first-order chi connectivity index (χ1) is 26.8. The van der Waals surface area contributed by atoms with Crippen LogP contribution in [-0.2, 0) is 28.7 Å². The summed E-state index contributed by atoms with van der Waals surface area (Å²) >= 11 is 1.28. The fourth-order valence-electron chi connectivity index (χ4n) is 6.84. The molecule has 0 radical (unpaired) electrons. The van der Waals surface area contributed by atoms with Crippen LogP contribution in [0.1, 0.15) is 239 Å². The standard InChI is InChI=1S/C46H87NO7S/c1-4-7-10-13-14-15-16-17-18-19-20-21-22-23-24-25-26-27-28-31-32-35-43(48)47-42(46(51)52)40-55-39-41(54-45(50)37-34-30-12-9-6-3)38-53-44(49)36-33-29-11-8-5-2/h41-42H,4-40H2,1-3H3,(H,47,48)(H,51,52)/t41-,42-/m1/s1. The minimum Gasteiger partial charge on any atom is -0.480 e. The largest absolute Gasteiger partial charge is 0.480 e. The highest BCUT2D eigenvalue weighted by atomic mass is 32.2. The molecule has 0 aromatic rings. The van der Waals surface area contributed by atoms with Crippen molar-refractivity contribution in [2.75, 3.05) is 18.1 Å². The summed E-state index contributed by atoms with van der Waals surface area (Å²) in [4.78, 5) is 49.4. The number of aliphatic carboxylic acids is 1. The Bertz CT molecular complexity index is 902. The van der Waals surface area contributed by atoms with E-state index in [-0.39, 0.29) is 36.0 Å². The Hall–Kier alpha value is -1.77. The highest BCUT2D eigenvalue weighted by Crippen LogP contribution is 2.17. The smallest absolute Gasteiger partial charge is 0.327 e. The summed E-state index contributed by atoms with van der Waals surface area (Å²) in [5, 5.41) is 12.4. The van der Waals surface area contributed by atoms with Gasteiger partial charge in [-0.05, 0) is 19.3 Å². The quantitative estimate of drug-likeness (QED) is 0.0462. The summed E-state index contributed by atoms with van der Waals surface area (Å²) in [5.41, 5.74) is 0. The lowest BCUT2D eigenvalue weighted by Gasteiger charge is -2.19. The van der Waals surface area contributed by atoms with E-state index < -0.39 is 18.1 Å². The number of unbranched alkanes of at least 4 members (excludes halogenated alkanes) is 28. The third kappa shape index (κ3) is 38.9. The second-order valence-corrected chi connectivity index (χ2v) is 17.0. The maximum Gasteiger partial charge on any atom is 0.327 e. The van der Waals surface area contributed by atoms with Gasteiger partial charge in [-0.1, -0.05) is 201 Å². The van der Waals surface area contributed by atoms with Crippen molar-refractivity contribution in [1.29, 1.82) is 0 Å². The number of amides is 1. The maximum absolute atomic E-state index is 12.6. The van der Waals surface area contributed by atoms with Crippen molar-refractivity contribution < 1.29 is 33.8 Å². The molecule has 0 unspecified atom stereocenters. The van der Waals surface area contributed by atoms with Gasteiger partial charge in [-0.3, -0.25) is 14.4 Å². The molecule has 1 amide bonds. The van der Waals surface area contributed by atoms with Crippen molar-refractivity contribution in [2.24, 2.45) is 0 Å². The Balaban J connectivity index is 4.17. The molecular weight excluding hydrogens is 711 g/mol. The summed E-state index contributed by atoms with van der Waals surface area (Å²) in [7, 11) is 0. The molecule has 0 spiro atoms. The van der Waals surface area contributed by atoms with E-state index in [9.17, 15) is 24.3 Å². The molecule has 0 saturated heterocycles. The van der Waals surface area contributed by atoms with E-state index in [1.807, 2.05) is 0 Å². The predicted molar refractivity (Wildman–Crippen MR) is 232 cm³/mol. The van der Waals surface area contributed by atoms with Crippen LogP contribution in [0.15, 0.2) is 0 Å². The molecular formula is C46H87NO7S. The van der Waals surface area contributed by atoms with Gasteiger partial charge >= 0.3 is 17.9 Å². The van der Waals surface area contributed by atoms with Gasteiger partial charge in [0.2, 0.25) is 5.91 Å².